The van der Waals surface area contributed by atoms with Crippen LogP contribution in [0.5, 0.6) is 5.75 Å². The molecule has 1 aliphatic heterocycles. The molecular weight excluding hydrogens is 340 g/mol. The van der Waals surface area contributed by atoms with Crippen LogP contribution in [-0.4, -0.2) is 64.4 Å². The van der Waals surface area contributed by atoms with Crippen molar-refractivity contribution in [3.63, 3.8) is 0 Å². The fraction of sp³-hybridized carbons (Fsp3) is 0.667. The fourth-order valence-corrected chi connectivity index (χ4v) is 3.53. The Morgan fingerprint density at radius 2 is 1.93 bits per heavy atom. The highest BCUT2D eigenvalue weighted by Gasteiger charge is 2.24. The first-order chi connectivity index (χ1) is 13.3. The number of nitrogens with one attached hydrogen (secondary N) is 2. The van der Waals surface area contributed by atoms with Gasteiger partial charge < -0.3 is 20.1 Å². The summed E-state index contributed by atoms with van der Waals surface area (Å²) in [5.41, 5.74) is 1.22. The average Bonchev–Trinajstić information content (AvgIpc) is 2.72. The number of guanidine groups is 1. The lowest BCUT2D eigenvalue weighted by molar-refractivity contribution is 0.165. The van der Waals surface area contributed by atoms with E-state index in [1.165, 1.54) is 24.8 Å². The lowest BCUT2D eigenvalue weighted by Gasteiger charge is -2.34. The van der Waals surface area contributed by atoms with E-state index >= 15 is 0 Å². The monoisotopic (exact) mass is 376 g/mol. The summed E-state index contributed by atoms with van der Waals surface area (Å²) in [6.45, 7) is 7.49. The van der Waals surface area contributed by atoms with E-state index in [2.05, 4.69) is 34.6 Å². The third-order valence-corrected chi connectivity index (χ3v) is 4.91. The molecule has 0 saturated carbocycles. The van der Waals surface area contributed by atoms with Gasteiger partial charge in [0.2, 0.25) is 0 Å². The number of methoxy groups -OCH3 is 2. The number of ether oxygens (including phenoxy) is 2. The third kappa shape index (κ3) is 7.03. The summed E-state index contributed by atoms with van der Waals surface area (Å²) < 4.78 is 10.8. The Kier molecular flexibility index (Phi) is 10.0. The van der Waals surface area contributed by atoms with Crippen molar-refractivity contribution in [2.75, 3.05) is 53.6 Å². The Labute approximate surface area is 164 Å². The molecule has 1 aromatic carbocycles. The van der Waals surface area contributed by atoms with Crippen molar-refractivity contribution in [1.29, 1.82) is 0 Å². The van der Waals surface area contributed by atoms with E-state index in [0.717, 1.165) is 50.9 Å². The van der Waals surface area contributed by atoms with Crippen LogP contribution in [0.1, 0.15) is 44.2 Å². The minimum absolute atomic E-state index is 0.232. The van der Waals surface area contributed by atoms with Crippen LogP contribution >= 0.6 is 0 Å². The molecule has 0 radical (unpaired) electrons. The van der Waals surface area contributed by atoms with Gasteiger partial charge in [-0.2, -0.15) is 0 Å². The van der Waals surface area contributed by atoms with Crippen LogP contribution < -0.4 is 15.4 Å². The molecule has 0 amide bonds. The molecule has 0 spiro atoms. The largest absolute Gasteiger partial charge is 0.496 e. The minimum atomic E-state index is 0.232. The van der Waals surface area contributed by atoms with E-state index in [1.54, 1.807) is 14.2 Å². The van der Waals surface area contributed by atoms with Gasteiger partial charge >= 0.3 is 0 Å². The molecule has 0 aliphatic carbocycles. The van der Waals surface area contributed by atoms with Crippen LogP contribution in [0.3, 0.4) is 0 Å². The van der Waals surface area contributed by atoms with Crippen molar-refractivity contribution in [2.45, 2.75) is 38.6 Å². The Bertz CT molecular complexity index is 559. The van der Waals surface area contributed by atoms with E-state index in [-0.39, 0.29) is 6.04 Å². The first-order valence-corrected chi connectivity index (χ1v) is 10.2. The molecule has 0 aromatic heterocycles. The van der Waals surface area contributed by atoms with Crippen LogP contribution in [0.25, 0.3) is 0 Å². The second-order valence-electron chi connectivity index (χ2n) is 6.85. The molecule has 1 aliphatic rings. The van der Waals surface area contributed by atoms with Gasteiger partial charge in [-0.1, -0.05) is 24.6 Å². The number of hydrogen-bond acceptors (Lipinski definition) is 4. The first kappa shape index (κ1) is 21.5. The molecule has 6 heteroatoms. The van der Waals surface area contributed by atoms with E-state index in [9.17, 15) is 0 Å². The highest BCUT2D eigenvalue weighted by Crippen LogP contribution is 2.31. The molecule has 2 N–H and O–H groups in total. The SMILES string of the molecule is CCNC(=NCC(c1ccccc1OC)N1CCCCC1)NCCCOC. The summed E-state index contributed by atoms with van der Waals surface area (Å²) in [6.07, 6.45) is 4.79. The van der Waals surface area contributed by atoms with E-state index in [0.29, 0.717) is 6.54 Å². The van der Waals surface area contributed by atoms with Crippen molar-refractivity contribution in [3.8, 4) is 5.75 Å². The summed E-state index contributed by atoms with van der Waals surface area (Å²) in [5.74, 6) is 1.81. The van der Waals surface area contributed by atoms with Gasteiger partial charge in [-0.15, -0.1) is 0 Å². The fourth-order valence-electron chi connectivity index (χ4n) is 3.53. The first-order valence-electron chi connectivity index (χ1n) is 10.2. The molecule has 152 valence electrons. The van der Waals surface area contributed by atoms with Crippen molar-refractivity contribution in [1.82, 2.24) is 15.5 Å². The van der Waals surface area contributed by atoms with Gasteiger partial charge in [0.05, 0.1) is 19.7 Å². The normalized spacial score (nSPS) is 16.8. The standard InChI is InChI=1S/C21H36N4O2/c1-4-22-21(23-13-10-16-26-2)24-17-19(25-14-8-5-9-15-25)18-11-6-7-12-20(18)27-3/h6-7,11-12,19H,4-5,8-10,13-17H2,1-3H3,(H2,22,23,24). The Morgan fingerprint density at radius 3 is 2.63 bits per heavy atom. The number of likely N-dealkylation sites (tertiary alicyclic amines) is 1. The van der Waals surface area contributed by atoms with E-state index < -0.39 is 0 Å². The molecular formula is C21H36N4O2. The van der Waals surface area contributed by atoms with Crippen molar-refractivity contribution in [2.24, 2.45) is 4.99 Å². The Balaban J connectivity index is 2.13. The number of rotatable bonds is 10. The van der Waals surface area contributed by atoms with Gasteiger partial charge in [0.1, 0.15) is 5.75 Å². The van der Waals surface area contributed by atoms with Gasteiger partial charge in [-0.3, -0.25) is 9.89 Å². The zero-order valence-corrected chi connectivity index (χ0v) is 17.2. The molecule has 6 nitrogen and oxygen atoms in total. The molecule has 1 saturated heterocycles. The van der Waals surface area contributed by atoms with Crippen LogP contribution in [0.2, 0.25) is 0 Å². The Hall–Kier alpha value is -1.79. The van der Waals surface area contributed by atoms with Gasteiger partial charge in [0.15, 0.2) is 5.96 Å². The number of piperidine rings is 1. The van der Waals surface area contributed by atoms with Gasteiger partial charge in [-0.25, -0.2) is 0 Å². The Morgan fingerprint density at radius 1 is 1.15 bits per heavy atom. The number of aliphatic imine (C=N–C) groups is 1. The van der Waals surface area contributed by atoms with Crippen LogP contribution in [-0.2, 0) is 4.74 Å². The van der Waals surface area contributed by atoms with Crippen molar-refractivity contribution in [3.05, 3.63) is 29.8 Å². The molecule has 1 fully saturated rings. The summed E-state index contributed by atoms with van der Waals surface area (Å²) in [6, 6.07) is 8.57. The number of para-hydroxylation sites is 1. The lowest BCUT2D eigenvalue weighted by Crippen LogP contribution is -2.40. The van der Waals surface area contributed by atoms with Crippen LogP contribution in [0, 0.1) is 0 Å². The highest BCUT2D eigenvalue weighted by atomic mass is 16.5. The number of benzene rings is 1. The summed E-state index contributed by atoms with van der Waals surface area (Å²) in [7, 11) is 3.48. The zero-order valence-electron chi connectivity index (χ0n) is 17.2. The molecule has 2 rings (SSSR count). The smallest absolute Gasteiger partial charge is 0.191 e. The summed E-state index contributed by atoms with van der Waals surface area (Å²) in [4.78, 5) is 7.45. The quantitative estimate of drug-likeness (QED) is 0.374. The van der Waals surface area contributed by atoms with Crippen molar-refractivity contribution >= 4 is 5.96 Å². The molecule has 1 aromatic rings. The second kappa shape index (κ2) is 12.6. The summed E-state index contributed by atoms with van der Waals surface area (Å²) >= 11 is 0. The van der Waals surface area contributed by atoms with Crippen LogP contribution in [0.15, 0.2) is 29.3 Å². The predicted molar refractivity (Wildman–Crippen MR) is 112 cm³/mol. The summed E-state index contributed by atoms with van der Waals surface area (Å²) in [5, 5.41) is 6.75. The number of hydrogen-bond donors (Lipinski definition) is 2. The maximum Gasteiger partial charge on any atom is 0.191 e. The van der Waals surface area contributed by atoms with Crippen molar-refractivity contribution < 1.29 is 9.47 Å². The second-order valence-corrected chi connectivity index (χ2v) is 6.85. The maximum absolute atomic E-state index is 5.64. The molecule has 1 unspecified atom stereocenters. The van der Waals surface area contributed by atoms with Gasteiger partial charge in [0, 0.05) is 32.4 Å². The van der Waals surface area contributed by atoms with Gasteiger partial charge in [-0.05, 0) is 45.3 Å². The minimum Gasteiger partial charge on any atom is -0.496 e. The van der Waals surface area contributed by atoms with Gasteiger partial charge in [0.25, 0.3) is 0 Å². The molecule has 1 heterocycles. The zero-order chi connectivity index (χ0) is 19.3. The van der Waals surface area contributed by atoms with E-state index in [1.807, 2.05) is 12.1 Å². The van der Waals surface area contributed by atoms with Crippen LogP contribution in [0.4, 0.5) is 0 Å². The highest BCUT2D eigenvalue weighted by molar-refractivity contribution is 5.79. The number of nitrogens with zero attached hydrogens (tertiary/aromatic N) is 2. The third-order valence-electron chi connectivity index (χ3n) is 4.91. The molecule has 1 atom stereocenters. The molecule has 27 heavy (non-hydrogen) atoms. The average molecular weight is 377 g/mol. The maximum atomic E-state index is 5.64. The lowest BCUT2D eigenvalue weighted by atomic mass is 10.0. The topological polar surface area (TPSA) is 58.1 Å². The molecule has 0 bridgehead atoms. The van der Waals surface area contributed by atoms with E-state index in [4.69, 9.17) is 14.5 Å². The predicted octanol–water partition coefficient (Wildman–Crippen LogP) is 2.81.